The van der Waals surface area contributed by atoms with E-state index in [0.29, 0.717) is 30.6 Å². The Morgan fingerprint density at radius 3 is 2.81 bits per heavy atom. The fourth-order valence-electron chi connectivity index (χ4n) is 5.57. The van der Waals surface area contributed by atoms with E-state index in [-0.39, 0.29) is 11.8 Å². The number of para-hydroxylation sites is 1. The van der Waals surface area contributed by atoms with Crippen LogP contribution in [0.3, 0.4) is 0 Å². The van der Waals surface area contributed by atoms with Gasteiger partial charge >= 0.3 is 0 Å². The van der Waals surface area contributed by atoms with E-state index in [9.17, 15) is 9.59 Å². The van der Waals surface area contributed by atoms with Gasteiger partial charge < -0.3 is 20.1 Å². The lowest BCUT2D eigenvalue weighted by atomic mass is 9.97. The molecule has 1 aromatic carbocycles. The molecule has 7 nitrogen and oxygen atoms in total. The Morgan fingerprint density at radius 1 is 1.14 bits per heavy atom. The zero-order chi connectivity index (χ0) is 24.9. The molecule has 8 heteroatoms. The Kier molecular flexibility index (Phi) is 8.02. The standard InChI is InChI=1S/C28H37N5O2S/c1-20-7-4-5-13-32(20)14-6-12-29-27(35)25-19-36-28(31-25)21-10-15-33(16-11-21)26(34)17-22-18-30-24-9-3-2-8-23(22)24/h2-3,8-9,18-21,30H,4-7,10-17H2,1H3,(H,29,35). The summed E-state index contributed by atoms with van der Waals surface area (Å²) in [5.74, 6) is 0.418. The Bertz CT molecular complexity index is 1180. The maximum Gasteiger partial charge on any atom is 0.270 e. The molecule has 0 aliphatic carbocycles. The summed E-state index contributed by atoms with van der Waals surface area (Å²) in [6, 6.07) is 8.76. The molecular formula is C28H37N5O2S. The molecule has 0 radical (unpaired) electrons. The molecule has 2 aliphatic rings. The number of amides is 2. The molecule has 1 unspecified atom stereocenters. The molecule has 3 aromatic rings. The molecule has 192 valence electrons. The summed E-state index contributed by atoms with van der Waals surface area (Å²) in [6.07, 6.45) is 9.03. The van der Waals surface area contributed by atoms with Crippen LogP contribution in [-0.2, 0) is 11.2 Å². The van der Waals surface area contributed by atoms with Gasteiger partial charge in [-0.2, -0.15) is 0 Å². The van der Waals surface area contributed by atoms with Crippen LogP contribution in [0.15, 0.2) is 35.8 Å². The first-order valence-corrected chi connectivity index (χ1v) is 14.3. The maximum atomic E-state index is 12.9. The predicted octanol–water partition coefficient (Wildman–Crippen LogP) is 4.57. The van der Waals surface area contributed by atoms with E-state index in [1.165, 1.54) is 25.8 Å². The smallest absolute Gasteiger partial charge is 0.270 e. The normalized spacial score (nSPS) is 19.6. The molecule has 2 saturated heterocycles. The highest BCUT2D eigenvalue weighted by molar-refractivity contribution is 7.09. The molecule has 4 heterocycles. The fourth-order valence-corrected chi connectivity index (χ4v) is 6.54. The summed E-state index contributed by atoms with van der Waals surface area (Å²) < 4.78 is 0. The number of aromatic amines is 1. The number of carbonyl (C=O) groups is 2. The van der Waals surface area contributed by atoms with Crippen LogP contribution in [-0.4, -0.2) is 70.3 Å². The molecule has 2 N–H and O–H groups in total. The number of H-pyrrole nitrogens is 1. The summed E-state index contributed by atoms with van der Waals surface area (Å²) in [5.41, 5.74) is 2.65. The van der Waals surface area contributed by atoms with Gasteiger partial charge in [-0.1, -0.05) is 24.6 Å². The second-order valence-corrected chi connectivity index (χ2v) is 11.1. The van der Waals surface area contributed by atoms with Gasteiger partial charge in [0.1, 0.15) is 5.69 Å². The average molecular weight is 508 g/mol. The third-order valence-electron chi connectivity index (χ3n) is 7.82. The van der Waals surface area contributed by atoms with Crippen LogP contribution in [0.4, 0.5) is 0 Å². The predicted molar refractivity (Wildman–Crippen MR) is 145 cm³/mol. The minimum absolute atomic E-state index is 0.0736. The van der Waals surface area contributed by atoms with E-state index >= 15 is 0 Å². The number of thiazole rings is 1. The summed E-state index contributed by atoms with van der Waals surface area (Å²) in [5, 5.41) is 7.07. The molecule has 5 rings (SSSR count). The van der Waals surface area contributed by atoms with Crippen molar-refractivity contribution in [3.63, 3.8) is 0 Å². The molecule has 0 saturated carbocycles. The Morgan fingerprint density at radius 2 is 1.97 bits per heavy atom. The molecule has 0 bridgehead atoms. The number of fused-ring (bicyclic) bond motifs is 1. The highest BCUT2D eigenvalue weighted by Crippen LogP contribution is 2.31. The van der Waals surface area contributed by atoms with Crippen LogP contribution in [0, 0.1) is 0 Å². The summed E-state index contributed by atoms with van der Waals surface area (Å²) >= 11 is 1.57. The van der Waals surface area contributed by atoms with Gasteiger partial charge in [0.05, 0.1) is 11.4 Å². The van der Waals surface area contributed by atoms with Gasteiger partial charge in [0.2, 0.25) is 5.91 Å². The summed E-state index contributed by atoms with van der Waals surface area (Å²) in [7, 11) is 0. The average Bonchev–Trinajstić information content (AvgIpc) is 3.56. The molecule has 2 fully saturated rings. The fraction of sp³-hybridized carbons (Fsp3) is 0.536. The van der Waals surface area contributed by atoms with Gasteiger partial charge in [-0.05, 0) is 57.2 Å². The lowest BCUT2D eigenvalue weighted by Gasteiger charge is -2.33. The van der Waals surface area contributed by atoms with E-state index in [0.717, 1.165) is 60.4 Å². The van der Waals surface area contributed by atoms with Crippen molar-refractivity contribution in [1.29, 1.82) is 0 Å². The van der Waals surface area contributed by atoms with Crippen molar-refractivity contribution < 1.29 is 9.59 Å². The number of nitrogens with zero attached hydrogens (tertiary/aromatic N) is 3. The molecule has 2 aromatic heterocycles. The van der Waals surface area contributed by atoms with Crippen molar-refractivity contribution in [3.05, 3.63) is 52.1 Å². The largest absolute Gasteiger partial charge is 0.361 e. The van der Waals surface area contributed by atoms with Gasteiger partial charge in [-0.25, -0.2) is 4.98 Å². The number of nitrogens with one attached hydrogen (secondary N) is 2. The molecular weight excluding hydrogens is 470 g/mol. The van der Waals surface area contributed by atoms with E-state index in [4.69, 9.17) is 0 Å². The van der Waals surface area contributed by atoms with Crippen molar-refractivity contribution in [2.45, 2.75) is 63.8 Å². The summed E-state index contributed by atoms with van der Waals surface area (Å²) in [4.78, 5) is 38.0. The number of carbonyl (C=O) groups excluding carboxylic acids is 2. The van der Waals surface area contributed by atoms with Crippen LogP contribution in [0.2, 0.25) is 0 Å². The number of hydrogen-bond acceptors (Lipinski definition) is 5. The Labute approximate surface area is 217 Å². The topological polar surface area (TPSA) is 81.3 Å². The number of aromatic nitrogens is 2. The van der Waals surface area contributed by atoms with E-state index in [2.05, 4.69) is 33.2 Å². The highest BCUT2D eigenvalue weighted by atomic mass is 32.1. The minimum atomic E-state index is -0.0736. The summed E-state index contributed by atoms with van der Waals surface area (Å²) in [6.45, 7) is 6.69. The van der Waals surface area contributed by atoms with Gasteiger partial charge in [-0.3, -0.25) is 9.59 Å². The third kappa shape index (κ3) is 5.81. The lowest BCUT2D eigenvalue weighted by Crippen LogP contribution is -2.39. The molecule has 36 heavy (non-hydrogen) atoms. The lowest BCUT2D eigenvalue weighted by molar-refractivity contribution is -0.131. The van der Waals surface area contributed by atoms with Gasteiger partial charge in [0.15, 0.2) is 0 Å². The highest BCUT2D eigenvalue weighted by Gasteiger charge is 2.27. The second kappa shape index (κ2) is 11.6. The van der Waals surface area contributed by atoms with Crippen LogP contribution in [0.5, 0.6) is 0 Å². The van der Waals surface area contributed by atoms with Crippen LogP contribution in [0.1, 0.15) is 72.4 Å². The number of hydrogen-bond donors (Lipinski definition) is 2. The molecule has 2 aliphatic heterocycles. The van der Waals surface area contributed by atoms with Crippen LogP contribution in [0.25, 0.3) is 10.9 Å². The van der Waals surface area contributed by atoms with Crippen molar-refractivity contribution >= 4 is 34.1 Å². The van der Waals surface area contributed by atoms with Crippen molar-refractivity contribution in [3.8, 4) is 0 Å². The minimum Gasteiger partial charge on any atom is -0.361 e. The third-order valence-corrected chi connectivity index (χ3v) is 8.82. The number of rotatable bonds is 8. The van der Waals surface area contributed by atoms with Crippen molar-refractivity contribution in [1.82, 2.24) is 25.1 Å². The van der Waals surface area contributed by atoms with E-state index < -0.39 is 0 Å². The molecule has 2 amide bonds. The molecule has 0 spiro atoms. The van der Waals surface area contributed by atoms with Crippen LogP contribution >= 0.6 is 11.3 Å². The SMILES string of the molecule is CC1CCCCN1CCCNC(=O)c1csc(C2CCN(C(=O)Cc3c[nH]c4ccccc34)CC2)n1. The number of likely N-dealkylation sites (tertiary alicyclic amines) is 2. The quantitative estimate of drug-likeness (QED) is 0.438. The van der Waals surface area contributed by atoms with E-state index in [1.807, 2.05) is 34.7 Å². The number of piperidine rings is 2. The zero-order valence-corrected chi connectivity index (χ0v) is 22.0. The first kappa shape index (κ1) is 25.0. The Balaban J connectivity index is 1.06. The monoisotopic (exact) mass is 507 g/mol. The van der Waals surface area contributed by atoms with Crippen molar-refractivity contribution in [2.75, 3.05) is 32.7 Å². The Hall–Kier alpha value is -2.71. The van der Waals surface area contributed by atoms with Crippen molar-refractivity contribution in [2.24, 2.45) is 0 Å². The zero-order valence-electron chi connectivity index (χ0n) is 21.2. The first-order valence-electron chi connectivity index (χ1n) is 13.4. The molecule has 1 atom stereocenters. The number of benzene rings is 1. The second-order valence-electron chi connectivity index (χ2n) is 10.3. The van der Waals surface area contributed by atoms with E-state index in [1.54, 1.807) is 11.3 Å². The van der Waals surface area contributed by atoms with Crippen LogP contribution < -0.4 is 5.32 Å². The van der Waals surface area contributed by atoms with Gasteiger partial charge in [0.25, 0.3) is 5.91 Å². The van der Waals surface area contributed by atoms with Gasteiger partial charge in [-0.15, -0.1) is 11.3 Å². The van der Waals surface area contributed by atoms with Gasteiger partial charge in [0, 0.05) is 60.6 Å². The first-order chi connectivity index (χ1) is 17.6. The maximum absolute atomic E-state index is 12.9.